The summed E-state index contributed by atoms with van der Waals surface area (Å²) in [6.07, 6.45) is 7.05. The van der Waals surface area contributed by atoms with Gasteiger partial charge in [-0.05, 0) is 37.8 Å². The van der Waals surface area contributed by atoms with Crippen LogP contribution in [0.5, 0.6) is 0 Å². The van der Waals surface area contributed by atoms with Gasteiger partial charge in [-0.2, -0.15) is 5.10 Å². The van der Waals surface area contributed by atoms with Crippen molar-refractivity contribution in [3.05, 3.63) is 47.7 Å². The number of amides is 2. The topological polar surface area (TPSA) is 102 Å². The molecule has 1 heterocycles. The summed E-state index contributed by atoms with van der Waals surface area (Å²) in [6, 6.07) is 8.68. The van der Waals surface area contributed by atoms with Gasteiger partial charge in [0, 0.05) is 6.07 Å². The molecule has 0 radical (unpaired) electrons. The standard InChI is InChI=1S/C23H30N4O4/c1-3-31-21(28)15-19(18-12-8-7-9-16(18)2)25-22(29)23(30)26-20-13-14-24-27(20)17-10-5-4-6-11-17/h7-9,12-14,17,19H,3-6,10-11,15H2,1-2H3,(H,25,29)(H,26,30)/t19-/m1/s1. The highest BCUT2D eigenvalue weighted by Gasteiger charge is 2.25. The van der Waals surface area contributed by atoms with Crippen molar-refractivity contribution in [1.29, 1.82) is 0 Å². The molecule has 0 spiro atoms. The number of nitrogens with one attached hydrogen (secondary N) is 2. The summed E-state index contributed by atoms with van der Waals surface area (Å²) in [6.45, 7) is 3.86. The van der Waals surface area contributed by atoms with Gasteiger partial charge in [-0.25, -0.2) is 4.68 Å². The summed E-state index contributed by atoms with van der Waals surface area (Å²) in [5.41, 5.74) is 1.68. The van der Waals surface area contributed by atoms with Gasteiger partial charge in [-0.15, -0.1) is 0 Å². The maximum atomic E-state index is 12.7. The molecule has 1 aromatic carbocycles. The maximum absolute atomic E-state index is 12.7. The van der Waals surface area contributed by atoms with Crippen molar-refractivity contribution >= 4 is 23.6 Å². The van der Waals surface area contributed by atoms with Crippen LogP contribution < -0.4 is 10.6 Å². The molecule has 1 atom stereocenters. The van der Waals surface area contributed by atoms with E-state index in [9.17, 15) is 14.4 Å². The summed E-state index contributed by atoms with van der Waals surface area (Å²) < 4.78 is 6.83. The second kappa shape index (κ2) is 10.7. The Hall–Kier alpha value is -3.16. The number of ether oxygens (including phenoxy) is 1. The molecular formula is C23H30N4O4. The average Bonchev–Trinajstić information content (AvgIpc) is 3.22. The van der Waals surface area contributed by atoms with Crippen LogP contribution in [0.1, 0.15) is 68.7 Å². The molecule has 1 saturated carbocycles. The monoisotopic (exact) mass is 426 g/mol. The molecule has 31 heavy (non-hydrogen) atoms. The lowest BCUT2D eigenvalue weighted by molar-refractivity contribution is -0.144. The van der Waals surface area contributed by atoms with Crippen molar-refractivity contribution in [2.24, 2.45) is 0 Å². The predicted molar refractivity (Wildman–Crippen MR) is 116 cm³/mol. The fourth-order valence-electron chi connectivity index (χ4n) is 4.03. The first-order chi connectivity index (χ1) is 15.0. The molecule has 166 valence electrons. The van der Waals surface area contributed by atoms with E-state index in [-0.39, 0.29) is 19.1 Å². The molecule has 0 saturated heterocycles. The predicted octanol–water partition coefficient (Wildman–Crippen LogP) is 3.45. The van der Waals surface area contributed by atoms with E-state index in [1.54, 1.807) is 23.9 Å². The Labute approximate surface area is 182 Å². The van der Waals surface area contributed by atoms with Crippen molar-refractivity contribution < 1.29 is 19.1 Å². The number of aromatic nitrogens is 2. The third kappa shape index (κ3) is 5.93. The van der Waals surface area contributed by atoms with Crippen LogP contribution in [0.15, 0.2) is 36.5 Å². The summed E-state index contributed by atoms with van der Waals surface area (Å²) >= 11 is 0. The Morgan fingerprint density at radius 2 is 1.87 bits per heavy atom. The highest BCUT2D eigenvalue weighted by atomic mass is 16.5. The van der Waals surface area contributed by atoms with Crippen LogP contribution >= 0.6 is 0 Å². The van der Waals surface area contributed by atoms with Gasteiger partial charge in [0.2, 0.25) is 0 Å². The van der Waals surface area contributed by atoms with Gasteiger partial charge < -0.3 is 15.4 Å². The zero-order chi connectivity index (χ0) is 22.2. The molecule has 1 aliphatic carbocycles. The molecule has 2 amide bonds. The Morgan fingerprint density at radius 3 is 2.58 bits per heavy atom. The Morgan fingerprint density at radius 1 is 1.13 bits per heavy atom. The second-order valence-electron chi connectivity index (χ2n) is 7.80. The first kappa shape index (κ1) is 22.5. The van der Waals surface area contributed by atoms with Gasteiger partial charge in [0.15, 0.2) is 0 Å². The smallest absolute Gasteiger partial charge is 0.314 e. The van der Waals surface area contributed by atoms with Crippen molar-refractivity contribution in [3.8, 4) is 0 Å². The minimum Gasteiger partial charge on any atom is -0.466 e. The SMILES string of the molecule is CCOC(=O)C[C@@H](NC(=O)C(=O)Nc1ccnn1C1CCCCC1)c1ccccc1C. The van der Waals surface area contributed by atoms with Crippen LogP contribution in [0.4, 0.5) is 5.82 Å². The van der Waals surface area contributed by atoms with Gasteiger partial charge in [-0.1, -0.05) is 43.5 Å². The number of carbonyl (C=O) groups is 3. The molecule has 2 N–H and O–H groups in total. The van der Waals surface area contributed by atoms with Gasteiger partial charge in [-0.3, -0.25) is 14.4 Å². The Kier molecular flexibility index (Phi) is 7.81. The third-order valence-corrected chi connectivity index (χ3v) is 5.58. The van der Waals surface area contributed by atoms with Gasteiger partial charge >= 0.3 is 17.8 Å². The molecule has 0 unspecified atom stereocenters. The van der Waals surface area contributed by atoms with Crippen molar-refractivity contribution in [1.82, 2.24) is 15.1 Å². The zero-order valence-corrected chi connectivity index (χ0v) is 18.1. The quantitative estimate of drug-likeness (QED) is 0.522. The number of anilines is 1. The maximum Gasteiger partial charge on any atom is 0.314 e. The fourth-order valence-corrected chi connectivity index (χ4v) is 4.03. The zero-order valence-electron chi connectivity index (χ0n) is 18.1. The van der Waals surface area contributed by atoms with Crippen LogP contribution in [0.2, 0.25) is 0 Å². The number of esters is 1. The average molecular weight is 427 g/mol. The van der Waals surface area contributed by atoms with E-state index in [1.165, 1.54) is 6.42 Å². The minimum atomic E-state index is -0.811. The lowest BCUT2D eigenvalue weighted by Gasteiger charge is -2.24. The highest BCUT2D eigenvalue weighted by Crippen LogP contribution is 2.30. The molecule has 1 aromatic heterocycles. The highest BCUT2D eigenvalue weighted by molar-refractivity contribution is 6.39. The van der Waals surface area contributed by atoms with E-state index in [0.717, 1.165) is 36.8 Å². The number of aryl methyl sites for hydroxylation is 1. The van der Waals surface area contributed by atoms with Crippen molar-refractivity contribution in [2.45, 2.75) is 64.5 Å². The van der Waals surface area contributed by atoms with Crippen molar-refractivity contribution in [3.63, 3.8) is 0 Å². The van der Waals surface area contributed by atoms with Crippen LogP contribution in [-0.4, -0.2) is 34.2 Å². The third-order valence-electron chi connectivity index (χ3n) is 5.58. The van der Waals surface area contributed by atoms with E-state index < -0.39 is 23.8 Å². The largest absolute Gasteiger partial charge is 0.466 e. The summed E-state index contributed by atoms with van der Waals surface area (Å²) in [5.74, 6) is -1.54. The minimum absolute atomic E-state index is 0.0578. The number of nitrogens with zero attached hydrogens (tertiary/aromatic N) is 2. The Balaban J connectivity index is 1.70. The van der Waals surface area contributed by atoms with E-state index in [1.807, 2.05) is 31.2 Å². The second-order valence-corrected chi connectivity index (χ2v) is 7.80. The molecule has 8 heteroatoms. The summed E-state index contributed by atoms with van der Waals surface area (Å²) in [5, 5.41) is 9.71. The number of carbonyl (C=O) groups excluding carboxylic acids is 3. The van der Waals surface area contributed by atoms with Crippen molar-refractivity contribution in [2.75, 3.05) is 11.9 Å². The lowest BCUT2D eigenvalue weighted by Crippen LogP contribution is -2.39. The fraction of sp³-hybridized carbons (Fsp3) is 0.478. The lowest BCUT2D eigenvalue weighted by atomic mass is 9.96. The molecule has 3 rings (SSSR count). The molecule has 2 aromatic rings. The number of benzene rings is 1. The number of hydrogen-bond acceptors (Lipinski definition) is 5. The summed E-state index contributed by atoms with van der Waals surface area (Å²) in [4.78, 5) is 37.4. The van der Waals surface area contributed by atoms with Gasteiger partial charge in [0.05, 0.1) is 31.3 Å². The van der Waals surface area contributed by atoms with Gasteiger partial charge in [0.25, 0.3) is 0 Å². The molecule has 1 aliphatic rings. The Bertz CT molecular complexity index is 918. The molecular weight excluding hydrogens is 396 g/mol. The number of rotatable bonds is 7. The van der Waals surface area contributed by atoms with E-state index in [0.29, 0.717) is 5.82 Å². The molecule has 0 bridgehead atoms. The molecule has 0 aliphatic heterocycles. The molecule has 8 nitrogen and oxygen atoms in total. The van der Waals surface area contributed by atoms with Crippen LogP contribution in [0, 0.1) is 6.92 Å². The number of hydrogen-bond donors (Lipinski definition) is 2. The van der Waals surface area contributed by atoms with E-state index in [2.05, 4.69) is 15.7 Å². The first-order valence-electron chi connectivity index (χ1n) is 10.9. The van der Waals surface area contributed by atoms with E-state index in [4.69, 9.17) is 4.74 Å². The summed E-state index contributed by atoms with van der Waals surface area (Å²) in [7, 11) is 0. The van der Waals surface area contributed by atoms with Crippen LogP contribution in [0.25, 0.3) is 0 Å². The first-order valence-corrected chi connectivity index (χ1v) is 10.9. The normalized spacial score (nSPS) is 15.2. The van der Waals surface area contributed by atoms with Crippen LogP contribution in [-0.2, 0) is 19.1 Å². The van der Waals surface area contributed by atoms with Crippen LogP contribution in [0.3, 0.4) is 0 Å². The van der Waals surface area contributed by atoms with E-state index >= 15 is 0 Å². The molecule has 1 fully saturated rings. The van der Waals surface area contributed by atoms with Gasteiger partial charge in [0.1, 0.15) is 5.82 Å².